The molecule has 0 aliphatic rings. The van der Waals surface area contributed by atoms with E-state index in [-0.39, 0.29) is 17.2 Å². The molecule has 7 heteroatoms. The second kappa shape index (κ2) is 7.37. The molecular weight excluding hydrogens is 348 g/mol. The number of H-pyrrole nitrogens is 1. The molecule has 0 atom stereocenters. The predicted molar refractivity (Wildman–Crippen MR) is 106 cm³/mol. The quantitative estimate of drug-likeness (QED) is 0.534. The van der Waals surface area contributed by atoms with Crippen LogP contribution in [0.3, 0.4) is 0 Å². The Morgan fingerprint density at radius 1 is 1.35 bits per heavy atom. The summed E-state index contributed by atoms with van der Waals surface area (Å²) in [6.45, 7) is 5.93. The Labute approximate surface area is 156 Å². The number of thioether (sulfide) groups is 1. The van der Waals surface area contributed by atoms with E-state index in [0.717, 1.165) is 28.9 Å². The highest BCUT2D eigenvalue weighted by Gasteiger charge is 2.14. The van der Waals surface area contributed by atoms with Crippen molar-refractivity contribution in [3.05, 3.63) is 51.4 Å². The van der Waals surface area contributed by atoms with E-state index in [2.05, 4.69) is 22.2 Å². The molecular formula is C19H22N4O2S. The lowest BCUT2D eigenvalue weighted by Crippen LogP contribution is -2.21. The molecule has 0 spiro atoms. The third-order valence-electron chi connectivity index (χ3n) is 4.29. The third kappa shape index (κ3) is 3.53. The zero-order valence-electron chi connectivity index (χ0n) is 15.3. The van der Waals surface area contributed by atoms with Crippen molar-refractivity contribution in [2.45, 2.75) is 32.3 Å². The highest BCUT2D eigenvalue weighted by Crippen LogP contribution is 2.22. The molecule has 0 radical (unpaired) electrons. The van der Waals surface area contributed by atoms with Gasteiger partial charge in [-0.25, -0.2) is 4.98 Å². The molecule has 0 fully saturated rings. The van der Waals surface area contributed by atoms with E-state index < -0.39 is 0 Å². The number of para-hydroxylation sites is 1. The minimum Gasteiger partial charge on any atom is -0.353 e. The molecule has 26 heavy (non-hydrogen) atoms. The van der Waals surface area contributed by atoms with Gasteiger partial charge in [-0.2, -0.15) is 0 Å². The molecule has 6 nitrogen and oxygen atoms in total. The van der Waals surface area contributed by atoms with Crippen LogP contribution in [0, 0.1) is 13.8 Å². The predicted octanol–water partition coefficient (Wildman–Crippen LogP) is 3.17. The number of anilines is 1. The Kier molecular flexibility index (Phi) is 5.18. The number of carbonyl (C=O) groups excluding carboxylic acids is 1. The first-order valence-corrected chi connectivity index (χ1v) is 9.46. The van der Waals surface area contributed by atoms with Crippen LogP contribution in [0.2, 0.25) is 0 Å². The SMILES string of the molecule is CCc1cccc(C)c1NC(=O)CSc1nc2cc(C)[nH]c2c(=O)n1C. The first-order valence-electron chi connectivity index (χ1n) is 8.48. The zero-order valence-corrected chi connectivity index (χ0v) is 16.2. The van der Waals surface area contributed by atoms with E-state index in [9.17, 15) is 9.59 Å². The van der Waals surface area contributed by atoms with Gasteiger partial charge in [0, 0.05) is 18.4 Å². The van der Waals surface area contributed by atoms with Crippen molar-refractivity contribution in [1.82, 2.24) is 14.5 Å². The van der Waals surface area contributed by atoms with E-state index in [1.165, 1.54) is 16.3 Å². The van der Waals surface area contributed by atoms with Crippen LogP contribution in [0.1, 0.15) is 23.7 Å². The Hall–Kier alpha value is -2.54. The second-order valence-electron chi connectivity index (χ2n) is 6.27. The van der Waals surface area contributed by atoms with Crippen molar-refractivity contribution in [3.8, 4) is 0 Å². The smallest absolute Gasteiger partial charge is 0.278 e. The van der Waals surface area contributed by atoms with Crippen LogP contribution in [-0.4, -0.2) is 26.2 Å². The van der Waals surface area contributed by atoms with Gasteiger partial charge in [0.25, 0.3) is 5.56 Å². The summed E-state index contributed by atoms with van der Waals surface area (Å²) in [6.07, 6.45) is 0.851. The zero-order chi connectivity index (χ0) is 18.8. The fourth-order valence-electron chi connectivity index (χ4n) is 2.90. The van der Waals surface area contributed by atoms with Crippen LogP contribution < -0.4 is 10.9 Å². The lowest BCUT2D eigenvalue weighted by atomic mass is 10.1. The maximum atomic E-state index is 12.4. The number of hydrogen-bond acceptors (Lipinski definition) is 4. The molecule has 3 aromatic rings. The molecule has 0 aliphatic carbocycles. The summed E-state index contributed by atoms with van der Waals surface area (Å²) in [5, 5.41) is 3.52. The van der Waals surface area contributed by atoms with E-state index >= 15 is 0 Å². The molecule has 0 aliphatic heterocycles. The van der Waals surface area contributed by atoms with Crippen molar-refractivity contribution < 1.29 is 4.79 Å². The third-order valence-corrected chi connectivity index (χ3v) is 5.32. The first-order chi connectivity index (χ1) is 12.4. The average molecular weight is 370 g/mol. The van der Waals surface area contributed by atoms with Crippen molar-refractivity contribution in [2.24, 2.45) is 7.05 Å². The molecule has 136 valence electrons. The number of aromatic amines is 1. The summed E-state index contributed by atoms with van der Waals surface area (Å²) < 4.78 is 1.47. The average Bonchev–Trinajstić information content (AvgIpc) is 2.99. The van der Waals surface area contributed by atoms with Gasteiger partial charge in [0.15, 0.2) is 5.16 Å². The number of fused-ring (bicyclic) bond motifs is 1. The molecule has 2 heterocycles. The highest BCUT2D eigenvalue weighted by molar-refractivity contribution is 7.99. The van der Waals surface area contributed by atoms with Gasteiger partial charge >= 0.3 is 0 Å². The summed E-state index contributed by atoms with van der Waals surface area (Å²) in [6, 6.07) is 7.83. The highest BCUT2D eigenvalue weighted by atomic mass is 32.2. The van der Waals surface area contributed by atoms with Crippen molar-refractivity contribution >= 4 is 34.4 Å². The van der Waals surface area contributed by atoms with Crippen LogP contribution in [0.5, 0.6) is 0 Å². The van der Waals surface area contributed by atoms with Crippen molar-refractivity contribution in [1.29, 1.82) is 0 Å². The molecule has 0 unspecified atom stereocenters. The number of amides is 1. The van der Waals surface area contributed by atoms with Gasteiger partial charge in [0.2, 0.25) is 5.91 Å². The second-order valence-corrected chi connectivity index (χ2v) is 7.21. The lowest BCUT2D eigenvalue weighted by Gasteiger charge is -2.13. The first kappa shape index (κ1) is 18.3. The molecule has 0 saturated heterocycles. The van der Waals surface area contributed by atoms with Crippen LogP contribution in [0.4, 0.5) is 5.69 Å². The van der Waals surface area contributed by atoms with Gasteiger partial charge in [-0.15, -0.1) is 0 Å². The Balaban J connectivity index is 1.77. The minimum absolute atomic E-state index is 0.112. The molecule has 1 amide bonds. The van der Waals surface area contributed by atoms with Gasteiger partial charge in [-0.05, 0) is 37.5 Å². The van der Waals surface area contributed by atoms with Gasteiger partial charge in [-0.1, -0.05) is 36.9 Å². The maximum absolute atomic E-state index is 12.4. The van der Waals surface area contributed by atoms with Crippen molar-refractivity contribution in [2.75, 3.05) is 11.1 Å². The largest absolute Gasteiger partial charge is 0.353 e. The fraction of sp³-hybridized carbons (Fsp3) is 0.316. The number of nitrogens with one attached hydrogen (secondary N) is 2. The summed E-state index contributed by atoms with van der Waals surface area (Å²) in [5.41, 5.74) is 4.89. The van der Waals surface area contributed by atoms with Crippen LogP contribution in [-0.2, 0) is 18.3 Å². The van der Waals surface area contributed by atoms with Gasteiger partial charge in [0.1, 0.15) is 5.52 Å². The van der Waals surface area contributed by atoms with Gasteiger partial charge in [0.05, 0.1) is 11.3 Å². The number of rotatable bonds is 5. The normalized spacial score (nSPS) is 11.1. The van der Waals surface area contributed by atoms with E-state index in [4.69, 9.17) is 0 Å². The van der Waals surface area contributed by atoms with E-state index in [0.29, 0.717) is 16.2 Å². The number of hydrogen-bond donors (Lipinski definition) is 2. The van der Waals surface area contributed by atoms with Crippen LogP contribution in [0.25, 0.3) is 11.0 Å². The minimum atomic E-state index is -0.141. The monoisotopic (exact) mass is 370 g/mol. The number of aromatic nitrogens is 3. The standard InChI is InChI=1S/C19H22N4O2S/c1-5-13-8-6-7-11(2)16(13)22-15(24)10-26-19-21-14-9-12(3)20-17(14)18(25)23(19)4/h6-9,20H,5,10H2,1-4H3,(H,22,24). The molecule has 1 aromatic carbocycles. The number of benzene rings is 1. The number of carbonyl (C=O) groups is 1. The maximum Gasteiger partial charge on any atom is 0.278 e. The molecule has 2 aromatic heterocycles. The molecule has 0 bridgehead atoms. The van der Waals surface area contributed by atoms with Gasteiger partial charge in [-0.3, -0.25) is 14.2 Å². The lowest BCUT2D eigenvalue weighted by molar-refractivity contribution is -0.113. The topological polar surface area (TPSA) is 79.8 Å². The Bertz CT molecular complexity index is 1040. The molecule has 0 saturated carbocycles. The van der Waals surface area contributed by atoms with Crippen molar-refractivity contribution in [3.63, 3.8) is 0 Å². The summed E-state index contributed by atoms with van der Waals surface area (Å²) in [4.78, 5) is 32.3. The summed E-state index contributed by atoms with van der Waals surface area (Å²) in [5.74, 6) is 0.0748. The molecule has 3 rings (SSSR count). The molecule has 2 N–H and O–H groups in total. The Morgan fingerprint density at radius 3 is 2.85 bits per heavy atom. The Morgan fingerprint density at radius 2 is 2.12 bits per heavy atom. The summed E-state index contributed by atoms with van der Waals surface area (Å²) >= 11 is 1.26. The number of aryl methyl sites for hydroxylation is 3. The van der Waals surface area contributed by atoms with Crippen LogP contribution in [0.15, 0.2) is 34.2 Å². The van der Waals surface area contributed by atoms with Crippen LogP contribution >= 0.6 is 11.8 Å². The fourth-order valence-corrected chi connectivity index (χ4v) is 3.67. The van der Waals surface area contributed by atoms with E-state index in [1.807, 2.05) is 38.1 Å². The number of nitrogens with zero attached hydrogens (tertiary/aromatic N) is 2. The summed E-state index contributed by atoms with van der Waals surface area (Å²) in [7, 11) is 1.67. The van der Waals surface area contributed by atoms with Gasteiger partial charge < -0.3 is 10.3 Å². The van der Waals surface area contributed by atoms with E-state index in [1.54, 1.807) is 7.05 Å².